The van der Waals surface area contributed by atoms with Crippen molar-refractivity contribution < 1.29 is 31.7 Å². The van der Waals surface area contributed by atoms with Crippen molar-refractivity contribution in [1.82, 2.24) is 0 Å². The Labute approximate surface area is 172 Å². The summed E-state index contributed by atoms with van der Waals surface area (Å²) in [6, 6.07) is 11.7. The van der Waals surface area contributed by atoms with Crippen LogP contribution >= 0.6 is 40.3 Å². The van der Waals surface area contributed by atoms with Crippen molar-refractivity contribution in [3.63, 3.8) is 0 Å². The van der Waals surface area contributed by atoms with Crippen molar-refractivity contribution in [2.75, 3.05) is 0 Å². The standard InChI is InChI=1S/C7H5AsI2O2.C7H7AsO5/c9-8(10)6-3-1-5(2-4-6)7(11)12;9-7(10)5-1-3-6(4-2-5)8(11,12)13/h1-4H,(H,11,12);1-4H,(H,9,10)(H2,11,12,13). The van der Waals surface area contributed by atoms with E-state index in [0.29, 0.717) is 5.56 Å². The topological polar surface area (TPSA) is 132 Å². The van der Waals surface area contributed by atoms with E-state index in [2.05, 4.69) is 40.3 Å². The van der Waals surface area contributed by atoms with Crippen molar-refractivity contribution in [3.05, 3.63) is 59.7 Å². The van der Waals surface area contributed by atoms with Gasteiger partial charge >= 0.3 is 174 Å². The van der Waals surface area contributed by atoms with Crippen molar-refractivity contribution in [2.45, 2.75) is 0 Å². The van der Waals surface area contributed by atoms with Gasteiger partial charge in [-0.15, -0.1) is 0 Å². The van der Waals surface area contributed by atoms with Gasteiger partial charge in [0, 0.05) is 0 Å². The van der Waals surface area contributed by atoms with Gasteiger partial charge in [0.2, 0.25) is 0 Å². The number of rotatable bonds is 4. The molecule has 134 valence electrons. The van der Waals surface area contributed by atoms with E-state index >= 15 is 0 Å². The summed E-state index contributed by atoms with van der Waals surface area (Å²) >= 11 is -0.0131. The molecule has 0 radical (unpaired) electrons. The number of benzene rings is 2. The van der Waals surface area contributed by atoms with E-state index in [1.54, 1.807) is 12.1 Å². The minimum absolute atomic E-state index is 0.00713. The van der Waals surface area contributed by atoms with E-state index in [1.165, 1.54) is 4.35 Å². The molecule has 0 heterocycles. The van der Waals surface area contributed by atoms with Crippen LogP contribution in [0.3, 0.4) is 0 Å². The Bertz CT molecular complexity index is 786. The normalized spacial score (nSPS) is 10.8. The zero-order chi connectivity index (χ0) is 19.2. The third-order valence-electron chi connectivity index (χ3n) is 2.76. The summed E-state index contributed by atoms with van der Waals surface area (Å²) in [5, 5.41) is 17.1. The van der Waals surface area contributed by atoms with Crippen molar-refractivity contribution >= 4 is 83.0 Å². The molecule has 2 rings (SSSR count). The van der Waals surface area contributed by atoms with Gasteiger partial charge in [0.15, 0.2) is 0 Å². The van der Waals surface area contributed by atoms with Gasteiger partial charge in [-0.3, -0.25) is 0 Å². The summed E-state index contributed by atoms with van der Waals surface area (Å²) in [4.78, 5) is 20.9. The fourth-order valence-electron chi connectivity index (χ4n) is 1.51. The van der Waals surface area contributed by atoms with Gasteiger partial charge in [-0.25, -0.2) is 0 Å². The van der Waals surface area contributed by atoms with Crippen LogP contribution in [0.15, 0.2) is 48.5 Å². The predicted molar refractivity (Wildman–Crippen MR) is 111 cm³/mol. The molecule has 0 aliphatic rings. The molecule has 2 aromatic carbocycles. The number of hydrogen-bond donors (Lipinski definition) is 4. The van der Waals surface area contributed by atoms with Gasteiger partial charge in [0.25, 0.3) is 0 Å². The first kappa shape index (κ1) is 22.7. The second kappa shape index (κ2) is 10.1. The van der Waals surface area contributed by atoms with Gasteiger partial charge < -0.3 is 0 Å². The van der Waals surface area contributed by atoms with Crippen LogP contribution in [-0.4, -0.2) is 52.5 Å². The Morgan fingerprint density at radius 1 is 0.800 bits per heavy atom. The van der Waals surface area contributed by atoms with Crippen LogP contribution in [0.5, 0.6) is 0 Å². The summed E-state index contributed by atoms with van der Waals surface area (Å²) < 4.78 is 29.4. The van der Waals surface area contributed by atoms with E-state index in [1.807, 2.05) is 12.1 Å². The number of aromatic carboxylic acids is 2. The molecule has 0 unspecified atom stereocenters. The second-order valence-electron chi connectivity index (χ2n) is 4.48. The summed E-state index contributed by atoms with van der Waals surface area (Å²) in [5.74, 6) is -1.98. The fraction of sp³-hybridized carbons (Fsp3) is 0. The van der Waals surface area contributed by atoms with Crippen LogP contribution in [0.4, 0.5) is 0 Å². The molecule has 4 N–H and O–H groups in total. The fourth-order valence-corrected chi connectivity index (χ4v) is 6.77. The van der Waals surface area contributed by atoms with Crippen molar-refractivity contribution in [1.29, 1.82) is 0 Å². The molecular formula is C14H12As2I2O7. The van der Waals surface area contributed by atoms with Gasteiger partial charge in [0.1, 0.15) is 0 Å². The molecule has 25 heavy (non-hydrogen) atoms. The predicted octanol–water partition coefficient (Wildman–Crippen LogP) is 0.896. The van der Waals surface area contributed by atoms with Gasteiger partial charge in [0.05, 0.1) is 0 Å². The second-order valence-corrected chi connectivity index (χ2v) is 29.5. The molecule has 0 aliphatic heterocycles. The summed E-state index contributed by atoms with van der Waals surface area (Å²) in [5.41, 5.74) is 0.370. The molecule has 0 spiro atoms. The number of carboxylic acid groups (broad SMARTS) is 2. The first-order valence-electron chi connectivity index (χ1n) is 6.37. The van der Waals surface area contributed by atoms with E-state index in [-0.39, 0.29) is 9.91 Å². The van der Waals surface area contributed by atoms with Crippen LogP contribution in [0.2, 0.25) is 0 Å². The molecule has 2 aromatic rings. The van der Waals surface area contributed by atoms with E-state index in [4.69, 9.17) is 18.4 Å². The molecular weight excluding hydrogens is 684 g/mol. The van der Waals surface area contributed by atoms with Crippen LogP contribution < -0.4 is 8.70 Å². The maximum atomic E-state index is 10.7. The Kier molecular flexibility index (Phi) is 9.20. The number of carbonyl (C=O) groups is 2. The van der Waals surface area contributed by atoms with Gasteiger partial charge in [-0.1, -0.05) is 0 Å². The zero-order valence-electron chi connectivity index (χ0n) is 12.3. The quantitative estimate of drug-likeness (QED) is 0.276. The summed E-state index contributed by atoms with van der Waals surface area (Å²) in [7, 11) is -0.895. The van der Waals surface area contributed by atoms with Crippen LogP contribution in [0, 0.1) is 0 Å². The Morgan fingerprint density at radius 2 is 1.16 bits per heavy atom. The summed E-state index contributed by atoms with van der Waals surface area (Å²) in [6.07, 6.45) is 0. The average molecular weight is 696 g/mol. The van der Waals surface area contributed by atoms with Crippen LogP contribution in [0.25, 0.3) is 0 Å². The van der Waals surface area contributed by atoms with Gasteiger partial charge in [-0.2, -0.15) is 0 Å². The Morgan fingerprint density at radius 3 is 1.44 bits per heavy atom. The van der Waals surface area contributed by atoms with Crippen LogP contribution in [-0.2, 0) is 3.74 Å². The van der Waals surface area contributed by atoms with E-state index in [0.717, 1.165) is 24.3 Å². The van der Waals surface area contributed by atoms with Crippen LogP contribution in [0.1, 0.15) is 20.7 Å². The summed E-state index contributed by atoms with van der Waals surface area (Å²) in [6.45, 7) is 0. The van der Waals surface area contributed by atoms with Gasteiger partial charge in [-0.05, 0) is 0 Å². The minimum atomic E-state index is -4.86. The number of hydrogen-bond acceptors (Lipinski definition) is 3. The molecule has 0 saturated carbocycles. The SMILES string of the molecule is O=C(O)c1ccc([As](=O)(O)O)cc1.O=C(O)c1ccc([As](I)I)cc1. The van der Waals surface area contributed by atoms with E-state index < -0.39 is 34.1 Å². The number of halogens is 2. The monoisotopic (exact) mass is 696 g/mol. The molecule has 0 atom stereocenters. The van der Waals surface area contributed by atoms with Crippen molar-refractivity contribution in [3.8, 4) is 0 Å². The molecule has 0 aromatic heterocycles. The molecule has 0 saturated heterocycles. The third kappa shape index (κ3) is 7.84. The first-order valence-corrected chi connectivity index (χ1v) is 22.1. The van der Waals surface area contributed by atoms with E-state index in [9.17, 15) is 13.3 Å². The maximum absolute atomic E-state index is 10.7. The Balaban J connectivity index is 0.000000251. The molecule has 0 aliphatic carbocycles. The molecule has 0 bridgehead atoms. The first-order chi connectivity index (χ1) is 11.5. The van der Waals surface area contributed by atoms with Crippen molar-refractivity contribution in [2.24, 2.45) is 0 Å². The Hall–Kier alpha value is -0.323. The molecule has 11 heteroatoms. The average Bonchev–Trinajstić information content (AvgIpc) is 2.54. The third-order valence-corrected chi connectivity index (χ3v) is 12.0. The molecule has 7 nitrogen and oxygen atoms in total. The zero-order valence-corrected chi connectivity index (χ0v) is 20.4. The molecule has 0 fully saturated rings. The molecule has 0 amide bonds. The number of carboxylic acids is 2.